The minimum atomic E-state index is -0.423. The minimum Gasteiger partial charge on any atom is -0.488 e. The van der Waals surface area contributed by atoms with Crippen LogP contribution in [-0.2, 0) is 6.61 Å². The molecule has 0 saturated heterocycles. The molecule has 0 aliphatic rings. The molecular formula is C21H20N4O3S. The van der Waals surface area contributed by atoms with Crippen LogP contribution in [0.5, 0.6) is 5.75 Å². The lowest BCUT2D eigenvalue weighted by Gasteiger charge is -2.12. The van der Waals surface area contributed by atoms with Crippen molar-refractivity contribution in [1.82, 2.24) is 10.7 Å². The SMILES string of the molecule is CCNC(=S)N/N=C\c1c(OCc2ccc([N+](=O)[O-])cc2)ccc2ccccc12. The van der Waals surface area contributed by atoms with Crippen molar-refractivity contribution in [3.8, 4) is 5.75 Å². The van der Waals surface area contributed by atoms with E-state index < -0.39 is 4.92 Å². The van der Waals surface area contributed by atoms with E-state index in [9.17, 15) is 10.1 Å². The Bertz CT molecular complexity index is 1050. The normalized spacial score (nSPS) is 10.8. The lowest BCUT2D eigenvalue weighted by molar-refractivity contribution is -0.384. The van der Waals surface area contributed by atoms with Crippen LogP contribution in [0.3, 0.4) is 0 Å². The number of nitrogens with zero attached hydrogens (tertiary/aromatic N) is 2. The summed E-state index contributed by atoms with van der Waals surface area (Å²) in [4.78, 5) is 10.4. The van der Waals surface area contributed by atoms with E-state index in [0.29, 0.717) is 17.4 Å². The first-order chi connectivity index (χ1) is 14.1. The van der Waals surface area contributed by atoms with E-state index >= 15 is 0 Å². The fourth-order valence-corrected chi connectivity index (χ4v) is 2.96. The second-order valence-electron chi connectivity index (χ2n) is 6.14. The van der Waals surface area contributed by atoms with E-state index in [2.05, 4.69) is 15.8 Å². The molecule has 3 aromatic carbocycles. The number of fused-ring (bicyclic) bond motifs is 1. The van der Waals surface area contributed by atoms with Gasteiger partial charge in [0.2, 0.25) is 0 Å². The first-order valence-corrected chi connectivity index (χ1v) is 9.44. The molecule has 0 aliphatic carbocycles. The van der Waals surface area contributed by atoms with Crippen LogP contribution in [0.1, 0.15) is 18.1 Å². The van der Waals surface area contributed by atoms with Gasteiger partial charge < -0.3 is 10.1 Å². The standard InChI is InChI=1S/C21H20N4O3S/c1-2-22-21(29)24-23-13-19-18-6-4-3-5-16(18)9-12-20(19)28-14-15-7-10-17(11-8-15)25(26)27/h3-13H,2,14H2,1H3,(H2,22,24,29)/b23-13-. The third kappa shape index (κ3) is 5.26. The molecule has 148 valence electrons. The highest BCUT2D eigenvalue weighted by Crippen LogP contribution is 2.27. The number of thiocarbonyl (C=S) groups is 1. The Kier molecular flexibility index (Phi) is 6.70. The zero-order chi connectivity index (χ0) is 20.6. The third-order valence-electron chi connectivity index (χ3n) is 4.17. The lowest BCUT2D eigenvalue weighted by Crippen LogP contribution is -2.31. The molecule has 29 heavy (non-hydrogen) atoms. The molecule has 0 bridgehead atoms. The summed E-state index contributed by atoms with van der Waals surface area (Å²) in [6.45, 7) is 2.94. The number of ether oxygens (including phenoxy) is 1. The van der Waals surface area contributed by atoms with E-state index in [0.717, 1.165) is 21.9 Å². The zero-order valence-electron chi connectivity index (χ0n) is 15.8. The van der Waals surface area contributed by atoms with Crippen molar-refractivity contribution >= 4 is 40.0 Å². The van der Waals surface area contributed by atoms with Gasteiger partial charge in [-0.2, -0.15) is 5.10 Å². The van der Waals surface area contributed by atoms with Crippen LogP contribution in [0.25, 0.3) is 10.8 Å². The molecular weight excluding hydrogens is 388 g/mol. The Morgan fingerprint density at radius 2 is 1.93 bits per heavy atom. The van der Waals surface area contributed by atoms with Crippen molar-refractivity contribution in [1.29, 1.82) is 0 Å². The highest BCUT2D eigenvalue weighted by molar-refractivity contribution is 7.80. The number of non-ortho nitro benzene ring substituents is 1. The Balaban J connectivity index is 1.83. The fourth-order valence-electron chi connectivity index (χ4n) is 2.77. The van der Waals surface area contributed by atoms with Gasteiger partial charge in [0.15, 0.2) is 5.11 Å². The Labute approximate surface area is 173 Å². The Morgan fingerprint density at radius 1 is 1.17 bits per heavy atom. The summed E-state index contributed by atoms with van der Waals surface area (Å²) in [6, 6.07) is 18.1. The molecule has 3 aromatic rings. The number of hydrogen-bond acceptors (Lipinski definition) is 5. The summed E-state index contributed by atoms with van der Waals surface area (Å²) in [5.74, 6) is 0.655. The van der Waals surface area contributed by atoms with Gasteiger partial charge in [0.05, 0.1) is 11.1 Å². The van der Waals surface area contributed by atoms with Gasteiger partial charge in [-0.1, -0.05) is 30.3 Å². The number of nitro groups is 1. The molecule has 0 aromatic heterocycles. The smallest absolute Gasteiger partial charge is 0.269 e. The van der Waals surface area contributed by atoms with Crippen molar-refractivity contribution in [3.05, 3.63) is 81.9 Å². The summed E-state index contributed by atoms with van der Waals surface area (Å²) in [7, 11) is 0. The van der Waals surface area contributed by atoms with E-state index in [1.54, 1.807) is 18.3 Å². The van der Waals surface area contributed by atoms with Crippen molar-refractivity contribution < 1.29 is 9.66 Å². The molecule has 0 heterocycles. The number of rotatable bonds is 7. The minimum absolute atomic E-state index is 0.0509. The van der Waals surface area contributed by atoms with Gasteiger partial charge in [-0.25, -0.2) is 0 Å². The van der Waals surface area contributed by atoms with Crippen molar-refractivity contribution in [2.75, 3.05) is 6.54 Å². The molecule has 0 radical (unpaired) electrons. The molecule has 0 amide bonds. The van der Waals surface area contributed by atoms with Crippen LogP contribution >= 0.6 is 12.2 Å². The highest BCUT2D eigenvalue weighted by atomic mass is 32.1. The van der Waals surface area contributed by atoms with Crippen molar-refractivity contribution in [2.45, 2.75) is 13.5 Å². The van der Waals surface area contributed by atoms with Gasteiger partial charge in [-0.05, 0) is 53.7 Å². The largest absolute Gasteiger partial charge is 0.488 e. The summed E-state index contributed by atoms with van der Waals surface area (Å²) in [6.07, 6.45) is 1.68. The maximum atomic E-state index is 10.8. The number of hydrogen-bond donors (Lipinski definition) is 2. The molecule has 7 nitrogen and oxygen atoms in total. The van der Waals surface area contributed by atoms with E-state index in [1.165, 1.54) is 12.1 Å². The van der Waals surface area contributed by atoms with Crippen LogP contribution in [0, 0.1) is 10.1 Å². The highest BCUT2D eigenvalue weighted by Gasteiger charge is 2.09. The van der Waals surface area contributed by atoms with Crippen LogP contribution < -0.4 is 15.5 Å². The van der Waals surface area contributed by atoms with Gasteiger partial charge in [0.1, 0.15) is 12.4 Å². The van der Waals surface area contributed by atoms with Crippen LogP contribution in [-0.4, -0.2) is 22.8 Å². The molecule has 8 heteroatoms. The third-order valence-corrected chi connectivity index (χ3v) is 4.40. The summed E-state index contributed by atoms with van der Waals surface area (Å²) >= 11 is 5.13. The molecule has 0 atom stereocenters. The molecule has 0 unspecified atom stereocenters. The maximum absolute atomic E-state index is 10.8. The predicted octanol–water partition coefficient (Wildman–Crippen LogP) is 4.14. The molecule has 0 spiro atoms. The monoisotopic (exact) mass is 408 g/mol. The summed E-state index contributed by atoms with van der Waals surface area (Å²) in [5, 5.41) is 20.5. The predicted molar refractivity (Wildman–Crippen MR) is 118 cm³/mol. The van der Waals surface area contributed by atoms with Crippen LogP contribution in [0.4, 0.5) is 5.69 Å². The van der Waals surface area contributed by atoms with Crippen LogP contribution in [0.2, 0.25) is 0 Å². The van der Waals surface area contributed by atoms with Gasteiger partial charge in [-0.3, -0.25) is 15.5 Å². The Morgan fingerprint density at radius 3 is 2.66 bits per heavy atom. The van der Waals surface area contributed by atoms with Gasteiger partial charge >= 0.3 is 0 Å². The number of nitrogens with one attached hydrogen (secondary N) is 2. The second kappa shape index (κ2) is 9.61. The second-order valence-corrected chi connectivity index (χ2v) is 6.55. The molecule has 3 rings (SSSR count). The average Bonchev–Trinajstić information content (AvgIpc) is 2.73. The zero-order valence-corrected chi connectivity index (χ0v) is 16.6. The average molecular weight is 408 g/mol. The van der Waals surface area contributed by atoms with E-state index in [-0.39, 0.29) is 12.3 Å². The molecule has 0 fully saturated rings. The van der Waals surface area contributed by atoms with E-state index in [4.69, 9.17) is 17.0 Å². The van der Waals surface area contributed by atoms with Crippen molar-refractivity contribution in [3.63, 3.8) is 0 Å². The van der Waals surface area contributed by atoms with Gasteiger partial charge in [0.25, 0.3) is 5.69 Å². The quantitative estimate of drug-likeness (QED) is 0.264. The summed E-state index contributed by atoms with van der Waals surface area (Å²) in [5.41, 5.74) is 4.48. The molecule has 0 saturated carbocycles. The number of nitro benzene ring substituents is 1. The maximum Gasteiger partial charge on any atom is 0.269 e. The summed E-state index contributed by atoms with van der Waals surface area (Å²) < 4.78 is 6.00. The van der Waals surface area contributed by atoms with Gasteiger partial charge in [-0.15, -0.1) is 0 Å². The Hall–Kier alpha value is -3.52. The fraction of sp³-hybridized carbons (Fsp3) is 0.143. The first kappa shape index (κ1) is 20.2. The number of hydrazone groups is 1. The van der Waals surface area contributed by atoms with Crippen molar-refractivity contribution in [2.24, 2.45) is 5.10 Å². The molecule has 2 N–H and O–H groups in total. The lowest BCUT2D eigenvalue weighted by atomic mass is 10.0. The van der Waals surface area contributed by atoms with E-state index in [1.807, 2.05) is 43.3 Å². The number of benzene rings is 3. The molecule has 0 aliphatic heterocycles. The topological polar surface area (TPSA) is 88.8 Å². The first-order valence-electron chi connectivity index (χ1n) is 9.03. The van der Waals surface area contributed by atoms with Gasteiger partial charge in [0, 0.05) is 24.2 Å². The van der Waals surface area contributed by atoms with Crippen LogP contribution in [0.15, 0.2) is 65.8 Å².